The number of nitrogens with two attached hydrogens (primary N) is 1. The van der Waals surface area contributed by atoms with E-state index < -0.39 is 17.8 Å². The normalized spacial score (nSPS) is 13.6. The van der Waals surface area contributed by atoms with Crippen molar-refractivity contribution in [3.8, 4) is 0 Å². The van der Waals surface area contributed by atoms with Crippen LogP contribution in [0.5, 0.6) is 0 Å². The highest BCUT2D eigenvalue weighted by molar-refractivity contribution is 5.37. The van der Waals surface area contributed by atoms with E-state index in [1.165, 1.54) is 12.3 Å². The van der Waals surface area contributed by atoms with Gasteiger partial charge in [-0.2, -0.15) is 13.2 Å². The lowest BCUT2D eigenvalue weighted by molar-refractivity contribution is -0.137. The molecule has 2 rings (SSSR count). The number of hydrogen-bond acceptors (Lipinski definition) is 2. The van der Waals surface area contributed by atoms with Crippen LogP contribution in [0.3, 0.4) is 0 Å². The summed E-state index contributed by atoms with van der Waals surface area (Å²) in [6.45, 7) is 1.60. The van der Waals surface area contributed by atoms with Crippen molar-refractivity contribution in [2.75, 3.05) is 0 Å². The summed E-state index contributed by atoms with van der Waals surface area (Å²) in [5.74, 6) is 0.526. The second kappa shape index (κ2) is 4.49. The van der Waals surface area contributed by atoms with Gasteiger partial charge in [0.1, 0.15) is 5.76 Å². The van der Waals surface area contributed by atoms with Crippen LogP contribution in [0.4, 0.5) is 13.2 Å². The molecule has 2 aromatic rings. The van der Waals surface area contributed by atoms with Crippen molar-refractivity contribution < 1.29 is 17.6 Å². The van der Waals surface area contributed by atoms with Crippen molar-refractivity contribution in [1.82, 2.24) is 0 Å². The average molecular weight is 255 g/mol. The van der Waals surface area contributed by atoms with Crippen LogP contribution in [0.15, 0.2) is 41.0 Å². The molecule has 0 aliphatic rings. The lowest BCUT2D eigenvalue weighted by Crippen LogP contribution is -2.14. The van der Waals surface area contributed by atoms with Crippen LogP contribution in [0, 0.1) is 6.92 Å². The standard InChI is InChI=1S/C13H12F3NO/c1-8-7-9(13(14,15)16)4-5-10(8)12(17)11-3-2-6-18-11/h2-7,12H,17H2,1H3. The third kappa shape index (κ3) is 2.41. The summed E-state index contributed by atoms with van der Waals surface area (Å²) in [6, 6.07) is 6.35. The summed E-state index contributed by atoms with van der Waals surface area (Å²) in [7, 11) is 0. The highest BCUT2D eigenvalue weighted by Gasteiger charge is 2.31. The first kappa shape index (κ1) is 12.7. The van der Waals surface area contributed by atoms with E-state index in [2.05, 4.69) is 0 Å². The fourth-order valence-corrected chi connectivity index (χ4v) is 1.82. The van der Waals surface area contributed by atoms with E-state index in [1.54, 1.807) is 19.1 Å². The molecule has 1 unspecified atom stereocenters. The SMILES string of the molecule is Cc1cc(C(F)(F)F)ccc1C(N)c1ccco1. The highest BCUT2D eigenvalue weighted by Crippen LogP contribution is 2.32. The number of alkyl halides is 3. The summed E-state index contributed by atoms with van der Waals surface area (Å²) in [5, 5.41) is 0. The summed E-state index contributed by atoms with van der Waals surface area (Å²) in [4.78, 5) is 0. The Hall–Kier alpha value is -1.75. The van der Waals surface area contributed by atoms with Gasteiger partial charge >= 0.3 is 6.18 Å². The van der Waals surface area contributed by atoms with Gasteiger partial charge < -0.3 is 10.2 Å². The molecule has 2 N–H and O–H groups in total. The van der Waals surface area contributed by atoms with Crippen molar-refractivity contribution in [2.24, 2.45) is 5.73 Å². The van der Waals surface area contributed by atoms with E-state index in [4.69, 9.17) is 10.2 Å². The zero-order valence-corrected chi connectivity index (χ0v) is 9.66. The van der Waals surface area contributed by atoms with Crippen molar-refractivity contribution in [3.63, 3.8) is 0 Å². The molecule has 2 nitrogen and oxygen atoms in total. The topological polar surface area (TPSA) is 39.2 Å². The smallest absolute Gasteiger partial charge is 0.416 e. The number of hydrogen-bond donors (Lipinski definition) is 1. The van der Waals surface area contributed by atoms with E-state index in [0.717, 1.165) is 12.1 Å². The van der Waals surface area contributed by atoms with E-state index >= 15 is 0 Å². The van der Waals surface area contributed by atoms with E-state index in [0.29, 0.717) is 16.9 Å². The Labute approximate surface area is 102 Å². The van der Waals surface area contributed by atoms with Gasteiger partial charge in [-0.05, 0) is 42.3 Å². The Morgan fingerprint density at radius 2 is 1.94 bits per heavy atom. The molecule has 0 aliphatic heterocycles. The first-order chi connectivity index (χ1) is 8.39. The Morgan fingerprint density at radius 1 is 1.22 bits per heavy atom. The zero-order chi connectivity index (χ0) is 13.3. The molecule has 0 saturated carbocycles. The van der Waals surface area contributed by atoms with Gasteiger partial charge in [0.05, 0.1) is 17.9 Å². The maximum Gasteiger partial charge on any atom is 0.416 e. The molecule has 0 fully saturated rings. The van der Waals surface area contributed by atoms with Crippen molar-refractivity contribution in [2.45, 2.75) is 19.1 Å². The van der Waals surface area contributed by atoms with Crippen LogP contribution < -0.4 is 5.73 Å². The molecule has 1 heterocycles. The molecule has 0 saturated heterocycles. The Balaban J connectivity index is 2.36. The van der Waals surface area contributed by atoms with Crippen molar-refractivity contribution >= 4 is 0 Å². The molecule has 5 heteroatoms. The molecule has 1 atom stereocenters. The van der Waals surface area contributed by atoms with Gasteiger partial charge in [0.25, 0.3) is 0 Å². The third-order valence-corrected chi connectivity index (χ3v) is 2.78. The molecule has 0 spiro atoms. The number of halogens is 3. The van der Waals surface area contributed by atoms with Gasteiger partial charge in [0, 0.05) is 0 Å². The maximum absolute atomic E-state index is 12.5. The lowest BCUT2D eigenvalue weighted by atomic mass is 9.98. The summed E-state index contributed by atoms with van der Waals surface area (Å²) >= 11 is 0. The zero-order valence-electron chi connectivity index (χ0n) is 9.66. The Bertz CT molecular complexity index is 532. The van der Waals surface area contributed by atoms with Crippen LogP contribution in [0.25, 0.3) is 0 Å². The molecule has 0 aliphatic carbocycles. The van der Waals surface area contributed by atoms with E-state index in [1.807, 2.05) is 0 Å². The van der Waals surface area contributed by atoms with Crippen LogP contribution in [-0.2, 0) is 6.18 Å². The molecule has 96 valence electrons. The molecule has 1 aromatic heterocycles. The van der Waals surface area contributed by atoms with Crippen molar-refractivity contribution in [3.05, 3.63) is 59.0 Å². The minimum Gasteiger partial charge on any atom is -0.467 e. The second-order valence-electron chi connectivity index (χ2n) is 4.06. The molecule has 0 amide bonds. The molecule has 18 heavy (non-hydrogen) atoms. The quantitative estimate of drug-likeness (QED) is 0.889. The summed E-state index contributed by atoms with van der Waals surface area (Å²) in [6.07, 6.45) is -2.85. The third-order valence-electron chi connectivity index (χ3n) is 2.78. The minimum absolute atomic E-state index is 0.494. The van der Waals surface area contributed by atoms with Crippen LogP contribution in [0.2, 0.25) is 0 Å². The number of furan rings is 1. The van der Waals surface area contributed by atoms with Gasteiger partial charge in [-0.1, -0.05) is 6.07 Å². The predicted molar refractivity (Wildman–Crippen MR) is 60.9 cm³/mol. The average Bonchev–Trinajstić information content (AvgIpc) is 2.80. The Morgan fingerprint density at radius 3 is 2.44 bits per heavy atom. The van der Waals surface area contributed by atoms with Crippen LogP contribution in [0.1, 0.15) is 28.5 Å². The van der Waals surface area contributed by atoms with Gasteiger partial charge in [-0.3, -0.25) is 0 Å². The lowest BCUT2D eigenvalue weighted by Gasteiger charge is -2.15. The Kier molecular flexibility index (Phi) is 3.17. The van der Waals surface area contributed by atoms with Gasteiger partial charge in [0.2, 0.25) is 0 Å². The first-order valence-corrected chi connectivity index (χ1v) is 5.36. The molecular weight excluding hydrogens is 243 g/mol. The second-order valence-corrected chi connectivity index (χ2v) is 4.06. The fourth-order valence-electron chi connectivity index (χ4n) is 1.82. The van der Waals surface area contributed by atoms with Crippen LogP contribution in [-0.4, -0.2) is 0 Å². The number of rotatable bonds is 2. The number of benzene rings is 1. The van der Waals surface area contributed by atoms with E-state index in [-0.39, 0.29) is 0 Å². The van der Waals surface area contributed by atoms with Gasteiger partial charge in [0.15, 0.2) is 0 Å². The molecular formula is C13H12F3NO. The highest BCUT2D eigenvalue weighted by atomic mass is 19.4. The predicted octanol–water partition coefficient (Wildman–Crippen LogP) is 3.65. The van der Waals surface area contributed by atoms with Crippen molar-refractivity contribution in [1.29, 1.82) is 0 Å². The van der Waals surface area contributed by atoms with Gasteiger partial charge in [-0.25, -0.2) is 0 Å². The summed E-state index contributed by atoms with van der Waals surface area (Å²) in [5.41, 5.74) is 6.39. The van der Waals surface area contributed by atoms with Crippen LogP contribution >= 0.6 is 0 Å². The van der Waals surface area contributed by atoms with E-state index in [9.17, 15) is 13.2 Å². The maximum atomic E-state index is 12.5. The fraction of sp³-hybridized carbons (Fsp3) is 0.231. The minimum atomic E-state index is -4.34. The first-order valence-electron chi connectivity index (χ1n) is 5.36. The molecule has 1 aromatic carbocycles. The van der Waals surface area contributed by atoms with Gasteiger partial charge in [-0.15, -0.1) is 0 Å². The molecule has 0 bridgehead atoms. The molecule has 0 radical (unpaired) electrons. The monoisotopic (exact) mass is 255 g/mol. The summed E-state index contributed by atoms with van der Waals surface area (Å²) < 4.78 is 42.7. The number of aryl methyl sites for hydroxylation is 1. The largest absolute Gasteiger partial charge is 0.467 e.